The molecule has 0 radical (unpaired) electrons. The predicted octanol–water partition coefficient (Wildman–Crippen LogP) is 4.16. The maximum atomic E-state index is 12.9. The third kappa shape index (κ3) is 4.79. The van der Waals surface area contributed by atoms with Crippen LogP contribution in [0.1, 0.15) is 37.7 Å². The van der Waals surface area contributed by atoms with Crippen LogP contribution in [0, 0.1) is 0 Å². The number of sulfonamides is 1. The van der Waals surface area contributed by atoms with Gasteiger partial charge in [-0.1, -0.05) is 69.2 Å². The molecule has 1 aliphatic carbocycles. The Labute approximate surface area is 135 Å². The predicted molar refractivity (Wildman–Crippen MR) is 96.7 cm³/mol. The molecule has 1 saturated carbocycles. The largest absolute Gasteiger partial charge is 0.233 e. The van der Waals surface area contributed by atoms with E-state index in [0.29, 0.717) is 4.53 Å². The molecule has 1 aromatic carbocycles. The van der Waals surface area contributed by atoms with E-state index in [9.17, 15) is 8.42 Å². The van der Waals surface area contributed by atoms with Gasteiger partial charge >= 0.3 is 0 Å². The fourth-order valence-electron chi connectivity index (χ4n) is 2.90. The Bertz CT molecular complexity index is 612. The van der Waals surface area contributed by atoms with Crippen molar-refractivity contribution in [3.05, 3.63) is 40.4 Å². The summed E-state index contributed by atoms with van der Waals surface area (Å²) in [4.78, 5) is 0. The molecule has 122 valence electrons. The molecule has 0 saturated heterocycles. The topological polar surface area (TPSA) is 46.2 Å². The first kappa shape index (κ1) is 17.4. The number of nitrogens with one attached hydrogen (secondary N) is 1. The van der Waals surface area contributed by atoms with Gasteiger partial charge in [0.25, 0.3) is 0 Å². The zero-order valence-electron chi connectivity index (χ0n) is 13.8. The van der Waals surface area contributed by atoms with Crippen LogP contribution in [0.15, 0.2) is 34.9 Å². The van der Waals surface area contributed by atoms with Crippen molar-refractivity contribution in [3.63, 3.8) is 0 Å². The molecule has 2 rings (SSSR count). The van der Waals surface area contributed by atoms with Gasteiger partial charge in [0.05, 0.1) is 8.07 Å². The lowest BCUT2D eigenvalue weighted by atomic mass is 9.96. The van der Waals surface area contributed by atoms with Crippen LogP contribution in [0.2, 0.25) is 19.6 Å². The summed E-state index contributed by atoms with van der Waals surface area (Å²) < 4.78 is 29.4. The molecule has 1 aliphatic rings. The van der Waals surface area contributed by atoms with Crippen LogP contribution in [0.25, 0.3) is 6.08 Å². The van der Waals surface area contributed by atoms with Crippen molar-refractivity contribution < 1.29 is 8.42 Å². The van der Waals surface area contributed by atoms with Crippen LogP contribution in [-0.4, -0.2) is 22.5 Å². The van der Waals surface area contributed by atoms with E-state index in [0.717, 1.165) is 31.2 Å². The van der Waals surface area contributed by atoms with Crippen LogP contribution in [0.4, 0.5) is 0 Å². The van der Waals surface area contributed by atoms with Crippen molar-refractivity contribution >= 4 is 24.2 Å². The van der Waals surface area contributed by atoms with Gasteiger partial charge in [0, 0.05) is 10.6 Å². The standard InChI is InChI=1S/C17H27NO2SSi/c1-22(2,3)17(14-15-10-6-4-7-11-15)21(19,20)18-16-12-8-5-9-13-16/h4,6-7,10-11,14,16,18H,5,8-9,12-13H2,1-3H3/b17-14-. The van der Waals surface area contributed by atoms with E-state index in [1.54, 1.807) is 0 Å². The Morgan fingerprint density at radius 1 is 1.09 bits per heavy atom. The van der Waals surface area contributed by atoms with Crippen LogP contribution in [-0.2, 0) is 10.0 Å². The van der Waals surface area contributed by atoms with Crippen LogP contribution in [0.3, 0.4) is 0 Å². The lowest BCUT2D eigenvalue weighted by Crippen LogP contribution is -2.42. The van der Waals surface area contributed by atoms with E-state index in [4.69, 9.17) is 0 Å². The quantitative estimate of drug-likeness (QED) is 0.820. The van der Waals surface area contributed by atoms with Crippen LogP contribution in [0.5, 0.6) is 0 Å². The second-order valence-corrected chi connectivity index (χ2v) is 14.2. The monoisotopic (exact) mass is 337 g/mol. The molecule has 22 heavy (non-hydrogen) atoms. The molecule has 0 spiro atoms. The molecule has 3 nitrogen and oxygen atoms in total. The van der Waals surface area contributed by atoms with Crippen molar-refractivity contribution in [2.75, 3.05) is 0 Å². The average molecular weight is 338 g/mol. The Kier molecular flexibility index (Phi) is 5.63. The minimum atomic E-state index is -3.41. The molecular formula is C17H27NO2SSi. The number of hydrogen-bond donors (Lipinski definition) is 1. The minimum Gasteiger partial charge on any atom is -0.209 e. The smallest absolute Gasteiger partial charge is 0.209 e. The van der Waals surface area contributed by atoms with Crippen molar-refractivity contribution in [2.24, 2.45) is 0 Å². The van der Waals surface area contributed by atoms with Crippen LogP contribution >= 0.6 is 0 Å². The summed E-state index contributed by atoms with van der Waals surface area (Å²) in [5, 5.41) is 0. The summed E-state index contributed by atoms with van der Waals surface area (Å²) in [6.07, 6.45) is 7.25. The van der Waals surface area contributed by atoms with Gasteiger partial charge in [-0.2, -0.15) is 0 Å². The third-order valence-corrected chi connectivity index (χ3v) is 9.66. The first-order valence-electron chi connectivity index (χ1n) is 8.08. The van der Waals surface area contributed by atoms with Gasteiger partial charge < -0.3 is 0 Å². The average Bonchev–Trinajstić information content (AvgIpc) is 2.45. The van der Waals surface area contributed by atoms with Gasteiger partial charge in [-0.15, -0.1) is 0 Å². The molecule has 0 heterocycles. The van der Waals surface area contributed by atoms with Crippen LogP contribution < -0.4 is 4.72 Å². The van der Waals surface area contributed by atoms with Crippen molar-refractivity contribution in [1.82, 2.24) is 4.72 Å². The Hall–Kier alpha value is -0.913. The minimum absolute atomic E-state index is 0.106. The number of hydrogen-bond acceptors (Lipinski definition) is 2. The first-order chi connectivity index (χ1) is 10.3. The summed E-state index contributed by atoms with van der Waals surface area (Å²) in [5.41, 5.74) is 0.953. The highest BCUT2D eigenvalue weighted by molar-refractivity contribution is 7.96. The molecule has 0 amide bonds. The third-order valence-electron chi connectivity index (χ3n) is 4.05. The van der Waals surface area contributed by atoms with Crippen molar-refractivity contribution in [2.45, 2.75) is 57.8 Å². The van der Waals surface area contributed by atoms with Crippen molar-refractivity contribution in [3.8, 4) is 0 Å². The number of rotatable bonds is 5. The summed E-state index contributed by atoms with van der Waals surface area (Å²) in [5.74, 6) is 0. The molecule has 5 heteroatoms. The Morgan fingerprint density at radius 2 is 1.68 bits per heavy atom. The molecule has 1 N–H and O–H groups in total. The molecule has 1 aromatic rings. The zero-order chi connectivity index (χ0) is 16.2. The van der Waals surface area contributed by atoms with Gasteiger partial charge in [0.15, 0.2) is 0 Å². The molecular weight excluding hydrogens is 310 g/mol. The summed E-state index contributed by atoms with van der Waals surface area (Å²) in [6, 6.07) is 9.84. The summed E-state index contributed by atoms with van der Waals surface area (Å²) in [7, 11) is -5.38. The highest BCUT2D eigenvalue weighted by Gasteiger charge is 2.32. The highest BCUT2D eigenvalue weighted by Crippen LogP contribution is 2.25. The Balaban J connectivity index is 2.30. The molecule has 0 bridgehead atoms. The molecule has 0 unspecified atom stereocenters. The van der Waals surface area contributed by atoms with E-state index in [-0.39, 0.29) is 6.04 Å². The van der Waals surface area contributed by atoms with Gasteiger partial charge in [0.1, 0.15) is 0 Å². The van der Waals surface area contributed by atoms with Gasteiger partial charge in [-0.25, -0.2) is 13.1 Å². The maximum absolute atomic E-state index is 12.9. The SMILES string of the molecule is C[Si](C)(C)/C(=C\c1ccccc1)S(=O)(=O)NC1CCCCC1. The maximum Gasteiger partial charge on any atom is 0.233 e. The lowest BCUT2D eigenvalue weighted by Gasteiger charge is -2.27. The molecule has 0 aromatic heterocycles. The van der Waals surface area contributed by atoms with E-state index in [1.807, 2.05) is 36.4 Å². The van der Waals surface area contributed by atoms with Gasteiger partial charge in [-0.05, 0) is 24.5 Å². The van der Waals surface area contributed by atoms with E-state index < -0.39 is 18.1 Å². The van der Waals surface area contributed by atoms with E-state index in [2.05, 4.69) is 24.4 Å². The van der Waals surface area contributed by atoms with E-state index in [1.165, 1.54) is 6.42 Å². The second kappa shape index (κ2) is 7.11. The zero-order valence-corrected chi connectivity index (χ0v) is 15.6. The molecule has 1 fully saturated rings. The van der Waals surface area contributed by atoms with E-state index >= 15 is 0 Å². The summed E-state index contributed by atoms with van der Waals surface area (Å²) in [6.45, 7) is 6.26. The van der Waals surface area contributed by atoms with Crippen molar-refractivity contribution in [1.29, 1.82) is 0 Å². The number of benzene rings is 1. The Morgan fingerprint density at radius 3 is 2.23 bits per heavy atom. The van der Waals surface area contributed by atoms with Gasteiger partial charge in [0.2, 0.25) is 10.0 Å². The first-order valence-corrected chi connectivity index (χ1v) is 13.1. The molecule has 0 atom stereocenters. The summed E-state index contributed by atoms with van der Waals surface area (Å²) >= 11 is 0. The lowest BCUT2D eigenvalue weighted by molar-refractivity contribution is 0.413. The van der Waals surface area contributed by atoms with Gasteiger partial charge in [-0.3, -0.25) is 0 Å². The fourth-order valence-corrected chi connectivity index (χ4v) is 8.00. The normalized spacial score (nSPS) is 18.4. The highest BCUT2D eigenvalue weighted by atomic mass is 32.2. The molecule has 0 aliphatic heterocycles. The second-order valence-electron chi connectivity index (χ2n) is 7.13. The fraction of sp³-hybridized carbons (Fsp3) is 0.529.